The predicted octanol–water partition coefficient (Wildman–Crippen LogP) is 2.91. The number of nitrogens with zero attached hydrogens (tertiary/aromatic N) is 1. The van der Waals surface area contributed by atoms with Gasteiger partial charge in [0.15, 0.2) is 0 Å². The van der Waals surface area contributed by atoms with Gasteiger partial charge in [0.05, 0.1) is 12.3 Å². The Balaban J connectivity index is 2.22. The van der Waals surface area contributed by atoms with Crippen LogP contribution < -0.4 is 15.0 Å². The van der Waals surface area contributed by atoms with Gasteiger partial charge in [0, 0.05) is 19.6 Å². The molecule has 0 aromatic heterocycles. The second-order valence-electron chi connectivity index (χ2n) is 6.02. The molecule has 0 atom stereocenters. The second-order valence-corrected chi connectivity index (χ2v) is 6.02. The van der Waals surface area contributed by atoms with E-state index in [2.05, 4.69) is 42.3 Å². The summed E-state index contributed by atoms with van der Waals surface area (Å²) in [7, 11) is 0. The van der Waals surface area contributed by atoms with Crippen molar-refractivity contribution in [2.24, 2.45) is 5.41 Å². The summed E-state index contributed by atoms with van der Waals surface area (Å²) in [5, 5.41) is 3.53. The van der Waals surface area contributed by atoms with Crippen LogP contribution in [0, 0.1) is 5.41 Å². The Bertz CT molecular complexity index is 403. The van der Waals surface area contributed by atoms with Crippen molar-refractivity contribution in [1.29, 1.82) is 0 Å². The quantitative estimate of drug-likeness (QED) is 0.906. The van der Waals surface area contributed by atoms with Gasteiger partial charge in [-0.1, -0.05) is 26.0 Å². The molecule has 1 aliphatic rings. The van der Waals surface area contributed by atoms with E-state index in [0.29, 0.717) is 0 Å². The molecule has 0 radical (unpaired) electrons. The molecule has 1 aromatic rings. The van der Waals surface area contributed by atoms with Gasteiger partial charge in [0.25, 0.3) is 0 Å². The number of nitrogens with one attached hydrogen (secondary N) is 1. The molecule has 1 saturated heterocycles. The molecule has 0 spiro atoms. The zero-order valence-corrected chi connectivity index (χ0v) is 12.4. The highest BCUT2D eigenvalue weighted by molar-refractivity contribution is 5.58. The minimum Gasteiger partial charge on any atom is -0.492 e. The van der Waals surface area contributed by atoms with Crippen molar-refractivity contribution in [2.45, 2.75) is 27.2 Å². The summed E-state index contributed by atoms with van der Waals surface area (Å²) < 4.78 is 5.77. The summed E-state index contributed by atoms with van der Waals surface area (Å²) in [6.45, 7) is 11.7. The standard InChI is InChI=1S/C16H26N2O/c1-4-19-15-9-6-5-8-14(15)18-11-7-10-17-12-16(2,3)13-18/h5-6,8-9,17H,4,7,10-13H2,1-3H3. The van der Waals surface area contributed by atoms with Gasteiger partial charge in [-0.2, -0.15) is 0 Å². The third-order valence-electron chi connectivity index (χ3n) is 3.51. The molecular formula is C16H26N2O. The van der Waals surface area contributed by atoms with Crippen LogP contribution in [-0.4, -0.2) is 32.8 Å². The summed E-state index contributed by atoms with van der Waals surface area (Å²) >= 11 is 0. The van der Waals surface area contributed by atoms with E-state index < -0.39 is 0 Å². The molecule has 0 aliphatic carbocycles. The van der Waals surface area contributed by atoms with Gasteiger partial charge in [0.2, 0.25) is 0 Å². The molecule has 2 rings (SSSR count). The number of anilines is 1. The topological polar surface area (TPSA) is 24.5 Å². The second kappa shape index (κ2) is 6.29. The van der Waals surface area contributed by atoms with Gasteiger partial charge >= 0.3 is 0 Å². The summed E-state index contributed by atoms with van der Waals surface area (Å²) in [5.41, 5.74) is 1.51. The summed E-state index contributed by atoms with van der Waals surface area (Å²) in [4.78, 5) is 2.48. The summed E-state index contributed by atoms with van der Waals surface area (Å²) in [5.74, 6) is 1.01. The molecule has 3 heteroatoms. The number of para-hydroxylation sites is 2. The van der Waals surface area contributed by atoms with Crippen molar-refractivity contribution in [3.05, 3.63) is 24.3 Å². The highest BCUT2D eigenvalue weighted by Crippen LogP contribution is 2.31. The average molecular weight is 262 g/mol. The van der Waals surface area contributed by atoms with Crippen LogP contribution in [0.5, 0.6) is 5.75 Å². The molecule has 1 N–H and O–H groups in total. The first kappa shape index (κ1) is 14.2. The summed E-state index contributed by atoms with van der Waals surface area (Å²) in [6.07, 6.45) is 1.18. The van der Waals surface area contributed by atoms with Crippen LogP contribution in [0.15, 0.2) is 24.3 Å². The predicted molar refractivity (Wildman–Crippen MR) is 81.1 cm³/mol. The largest absolute Gasteiger partial charge is 0.492 e. The number of ether oxygens (including phenoxy) is 1. The van der Waals surface area contributed by atoms with E-state index in [-0.39, 0.29) is 5.41 Å². The van der Waals surface area contributed by atoms with Crippen molar-refractivity contribution in [1.82, 2.24) is 5.32 Å². The maximum atomic E-state index is 5.77. The maximum Gasteiger partial charge on any atom is 0.142 e. The fourth-order valence-corrected chi connectivity index (χ4v) is 2.67. The molecular weight excluding hydrogens is 236 g/mol. The fraction of sp³-hybridized carbons (Fsp3) is 0.625. The third-order valence-corrected chi connectivity index (χ3v) is 3.51. The lowest BCUT2D eigenvalue weighted by Crippen LogP contribution is -2.44. The normalized spacial score (nSPS) is 19.6. The van der Waals surface area contributed by atoms with Gasteiger partial charge in [-0.05, 0) is 37.4 Å². The van der Waals surface area contributed by atoms with Gasteiger partial charge in [-0.3, -0.25) is 0 Å². The Morgan fingerprint density at radius 2 is 2.11 bits per heavy atom. The zero-order valence-electron chi connectivity index (χ0n) is 12.4. The Kier molecular flexibility index (Phi) is 4.70. The van der Waals surface area contributed by atoms with E-state index in [4.69, 9.17) is 4.74 Å². The smallest absolute Gasteiger partial charge is 0.142 e. The SMILES string of the molecule is CCOc1ccccc1N1CCCNCC(C)(C)C1. The molecule has 0 amide bonds. The van der Waals surface area contributed by atoms with E-state index in [0.717, 1.165) is 38.5 Å². The van der Waals surface area contributed by atoms with Crippen LogP contribution in [0.3, 0.4) is 0 Å². The maximum absolute atomic E-state index is 5.77. The molecule has 0 bridgehead atoms. The molecule has 3 nitrogen and oxygen atoms in total. The minimum absolute atomic E-state index is 0.278. The van der Waals surface area contributed by atoms with E-state index in [1.807, 2.05) is 13.0 Å². The Hall–Kier alpha value is -1.22. The van der Waals surface area contributed by atoms with Crippen molar-refractivity contribution in [2.75, 3.05) is 37.7 Å². The van der Waals surface area contributed by atoms with E-state index >= 15 is 0 Å². The molecule has 0 saturated carbocycles. The van der Waals surface area contributed by atoms with Crippen LogP contribution in [0.2, 0.25) is 0 Å². The summed E-state index contributed by atoms with van der Waals surface area (Å²) in [6, 6.07) is 8.39. The monoisotopic (exact) mass is 262 g/mol. The van der Waals surface area contributed by atoms with E-state index in [1.165, 1.54) is 12.1 Å². The molecule has 1 heterocycles. The number of benzene rings is 1. The first-order valence-corrected chi connectivity index (χ1v) is 7.30. The van der Waals surface area contributed by atoms with Crippen LogP contribution in [0.25, 0.3) is 0 Å². The van der Waals surface area contributed by atoms with Crippen molar-refractivity contribution in [3.8, 4) is 5.75 Å². The number of hydrogen-bond donors (Lipinski definition) is 1. The first-order chi connectivity index (χ1) is 9.12. The van der Waals surface area contributed by atoms with Gasteiger partial charge in [-0.15, -0.1) is 0 Å². The lowest BCUT2D eigenvalue weighted by molar-refractivity contribution is 0.317. The highest BCUT2D eigenvalue weighted by Gasteiger charge is 2.24. The molecule has 19 heavy (non-hydrogen) atoms. The fourth-order valence-electron chi connectivity index (χ4n) is 2.67. The van der Waals surface area contributed by atoms with Crippen molar-refractivity contribution in [3.63, 3.8) is 0 Å². The van der Waals surface area contributed by atoms with Gasteiger partial charge in [0.1, 0.15) is 5.75 Å². The van der Waals surface area contributed by atoms with Crippen LogP contribution in [0.1, 0.15) is 27.2 Å². The van der Waals surface area contributed by atoms with Crippen LogP contribution in [0.4, 0.5) is 5.69 Å². The lowest BCUT2D eigenvalue weighted by Gasteiger charge is -2.37. The molecule has 1 aliphatic heterocycles. The highest BCUT2D eigenvalue weighted by atomic mass is 16.5. The average Bonchev–Trinajstić information content (AvgIpc) is 2.35. The van der Waals surface area contributed by atoms with Crippen LogP contribution in [-0.2, 0) is 0 Å². The van der Waals surface area contributed by atoms with Gasteiger partial charge < -0.3 is 15.0 Å². The molecule has 106 valence electrons. The Morgan fingerprint density at radius 1 is 1.32 bits per heavy atom. The molecule has 1 aromatic carbocycles. The third kappa shape index (κ3) is 3.87. The molecule has 1 fully saturated rings. The Labute approximate surface area is 116 Å². The lowest BCUT2D eigenvalue weighted by atomic mass is 9.91. The minimum atomic E-state index is 0.278. The number of rotatable bonds is 3. The van der Waals surface area contributed by atoms with E-state index in [1.54, 1.807) is 0 Å². The molecule has 0 unspecified atom stereocenters. The first-order valence-electron chi connectivity index (χ1n) is 7.30. The van der Waals surface area contributed by atoms with Gasteiger partial charge in [-0.25, -0.2) is 0 Å². The van der Waals surface area contributed by atoms with Crippen molar-refractivity contribution < 1.29 is 4.74 Å². The zero-order chi connectivity index (χ0) is 13.7. The van der Waals surface area contributed by atoms with Crippen LogP contribution >= 0.6 is 0 Å². The van der Waals surface area contributed by atoms with E-state index in [9.17, 15) is 0 Å². The number of hydrogen-bond acceptors (Lipinski definition) is 3. The Morgan fingerprint density at radius 3 is 2.89 bits per heavy atom. The van der Waals surface area contributed by atoms with Crippen molar-refractivity contribution >= 4 is 5.69 Å².